The minimum atomic E-state index is -3.24. The van der Waals surface area contributed by atoms with Gasteiger partial charge >= 0.3 is 5.92 Å². The fourth-order valence-corrected chi connectivity index (χ4v) is 1.06. The molecule has 0 aromatic carbocycles. The second kappa shape index (κ2) is 2.66. The van der Waals surface area contributed by atoms with Crippen LogP contribution in [0.15, 0.2) is 0 Å². The third kappa shape index (κ3) is 1.23. The summed E-state index contributed by atoms with van der Waals surface area (Å²) in [6.07, 6.45) is -4.36. The molecule has 0 saturated carbocycles. The van der Waals surface area contributed by atoms with E-state index in [0.717, 1.165) is 0 Å². The first kappa shape index (κ1) is 8.83. The molecule has 5 heteroatoms. The van der Waals surface area contributed by atoms with Crippen LogP contribution in [0.3, 0.4) is 0 Å². The molecule has 0 spiro atoms. The minimum Gasteiger partial charge on any atom is -0.394 e. The molecule has 1 aliphatic rings. The lowest BCUT2D eigenvalue weighted by Gasteiger charge is -2.15. The van der Waals surface area contributed by atoms with E-state index in [4.69, 9.17) is 10.2 Å². The SMILES string of the molecule is CC1O[C@H](CO)[C@H](O)C1(F)F. The minimum absolute atomic E-state index is 0.582. The highest BCUT2D eigenvalue weighted by molar-refractivity contribution is 4.94. The van der Waals surface area contributed by atoms with Gasteiger partial charge in [0.2, 0.25) is 0 Å². The van der Waals surface area contributed by atoms with Crippen molar-refractivity contribution >= 4 is 0 Å². The zero-order valence-corrected chi connectivity index (χ0v) is 6.00. The number of ether oxygens (including phenoxy) is 1. The molecule has 2 N–H and O–H groups in total. The molecule has 66 valence electrons. The second-order valence-electron chi connectivity index (χ2n) is 2.62. The Balaban J connectivity index is 2.71. The summed E-state index contributed by atoms with van der Waals surface area (Å²) in [5, 5.41) is 17.3. The molecule has 1 fully saturated rings. The van der Waals surface area contributed by atoms with E-state index >= 15 is 0 Å². The average molecular weight is 168 g/mol. The van der Waals surface area contributed by atoms with Crippen molar-refractivity contribution in [3.05, 3.63) is 0 Å². The van der Waals surface area contributed by atoms with Gasteiger partial charge in [0.25, 0.3) is 0 Å². The summed E-state index contributed by atoms with van der Waals surface area (Å²) in [4.78, 5) is 0. The summed E-state index contributed by atoms with van der Waals surface area (Å²) in [5.74, 6) is -3.24. The molecule has 0 amide bonds. The number of hydrogen-bond donors (Lipinski definition) is 2. The molecule has 1 unspecified atom stereocenters. The van der Waals surface area contributed by atoms with Crippen LogP contribution in [-0.2, 0) is 4.74 Å². The first-order valence-corrected chi connectivity index (χ1v) is 3.32. The van der Waals surface area contributed by atoms with Crippen molar-refractivity contribution in [1.29, 1.82) is 0 Å². The Morgan fingerprint density at radius 1 is 1.55 bits per heavy atom. The maximum absolute atomic E-state index is 12.7. The van der Waals surface area contributed by atoms with Crippen LogP contribution in [0.5, 0.6) is 0 Å². The topological polar surface area (TPSA) is 49.7 Å². The van der Waals surface area contributed by atoms with Gasteiger partial charge in [0.1, 0.15) is 18.3 Å². The molecule has 3 nitrogen and oxygen atoms in total. The van der Waals surface area contributed by atoms with Crippen LogP contribution in [-0.4, -0.2) is 41.1 Å². The third-order valence-corrected chi connectivity index (χ3v) is 1.85. The Hall–Kier alpha value is -0.260. The van der Waals surface area contributed by atoms with Gasteiger partial charge in [-0.1, -0.05) is 0 Å². The van der Waals surface area contributed by atoms with Gasteiger partial charge in [-0.15, -0.1) is 0 Å². The van der Waals surface area contributed by atoms with Gasteiger partial charge in [-0.3, -0.25) is 0 Å². The Morgan fingerprint density at radius 3 is 2.27 bits per heavy atom. The first-order chi connectivity index (χ1) is 5.00. The summed E-state index contributed by atoms with van der Waals surface area (Å²) >= 11 is 0. The van der Waals surface area contributed by atoms with Gasteiger partial charge in [0.15, 0.2) is 0 Å². The number of hydrogen-bond acceptors (Lipinski definition) is 3. The fourth-order valence-electron chi connectivity index (χ4n) is 1.06. The van der Waals surface area contributed by atoms with E-state index < -0.39 is 30.8 Å². The van der Waals surface area contributed by atoms with Gasteiger partial charge in [-0.05, 0) is 6.92 Å². The van der Waals surface area contributed by atoms with E-state index in [1.807, 2.05) is 0 Å². The Kier molecular flexibility index (Phi) is 2.13. The molecule has 1 rings (SSSR count). The Morgan fingerprint density at radius 2 is 2.09 bits per heavy atom. The van der Waals surface area contributed by atoms with E-state index in [1.54, 1.807) is 0 Å². The molecule has 0 aromatic heterocycles. The zero-order chi connectivity index (χ0) is 8.65. The van der Waals surface area contributed by atoms with Gasteiger partial charge in [-0.25, -0.2) is 8.78 Å². The quantitative estimate of drug-likeness (QED) is 0.568. The van der Waals surface area contributed by atoms with Gasteiger partial charge in [-0.2, -0.15) is 0 Å². The Bertz CT molecular complexity index is 151. The lowest BCUT2D eigenvalue weighted by atomic mass is 10.1. The second-order valence-corrected chi connectivity index (χ2v) is 2.62. The Labute approximate surface area is 62.6 Å². The van der Waals surface area contributed by atoms with Crippen LogP contribution in [0.25, 0.3) is 0 Å². The lowest BCUT2D eigenvalue weighted by molar-refractivity contribution is -0.106. The highest BCUT2D eigenvalue weighted by atomic mass is 19.3. The highest BCUT2D eigenvalue weighted by Crippen LogP contribution is 2.35. The molecule has 3 atom stereocenters. The van der Waals surface area contributed by atoms with Crippen molar-refractivity contribution < 1.29 is 23.7 Å². The third-order valence-electron chi connectivity index (χ3n) is 1.85. The molecular weight excluding hydrogens is 158 g/mol. The summed E-state index contributed by atoms with van der Waals surface area (Å²) < 4.78 is 30.0. The van der Waals surface area contributed by atoms with Crippen LogP contribution in [0.4, 0.5) is 8.78 Å². The monoisotopic (exact) mass is 168 g/mol. The normalized spacial score (nSPS) is 42.8. The molecule has 1 heterocycles. The molecule has 1 aliphatic heterocycles. The molecular formula is C6H10F2O3. The maximum Gasteiger partial charge on any atom is 0.301 e. The van der Waals surface area contributed by atoms with Crippen molar-refractivity contribution in [2.75, 3.05) is 6.61 Å². The molecule has 1 saturated heterocycles. The number of aliphatic hydroxyl groups excluding tert-OH is 2. The van der Waals surface area contributed by atoms with Crippen LogP contribution in [0.2, 0.25) is 0 Å². The summed E-state index contributed by atoms with van der Waals surface area (Å²) in [7, 11) is 0. The van der Waals surface area contributed by atoms with Crippen molar-refractivity contribution in [1.82, 2.24) is 0 Å². The smallest absolute Gasteiger partial charge is 0.301 e. The molecule has 11 heavy (non-hydrogen) atoms. The predicted molar refractivity (Wildman–Crippen MR) is 32.4 cm³/mol. The zero-order valence-electron chi connectivity index (χ0n) is 6.00. The predicted octanol–water partition coefficient (Wildman–Crippen LogP) is -0.238. The maximum atomic E-state index is 12.7. The van der Waals surface area contributed by atoms with Crippen molar-refractivity contribution in [2.24, 2.45) is 0 Å². The summed E-state index contributed by atoms with van der Waals surface area (Å²) in [5.41, 5.74) is 0. The van der Waals surface area contributed by atoms with Crippen LogP contribution in [0.1, 0.15) is 6.92 Å². The van der Waals surface area contributed by atoms with Crippen molar-refractivity contribution in [2.45, 2.75) is 31.2 Å². The first-order valence-electron chi connectivity index (χ1n) is 3.32. The largest absolute Gasteiger partial charge is 0.394 e. The summed E-state index contributed by atoms with van der Waals surface area (Å²) in [6, 6.07) is 0. The van der Waals surface area contributed by atoms with E-state index in [2.05, 4.69) is 4.74 Å². The van der Waals surface area contributed by atoms with E-state index in [-0.39, 0.29) is 0 Å². The molecule has 0 bridgehead atoms. The van der Waals surface area contributed by atoms with Crippen molar-refractivity contribution in [3.8, 4) is 0 Å². The number of aliphatic hydroxyl groups is 2. The highest BCUT2D eigenvalue weighted by Gasteiger charge is 2.55. The van der Waals surface area contributed by atoms with Crippen LogP contribution < -0.4 is 0 Å². The molecule has 0 radical (unpaired) electrons. The van der Waals surface area contributed by atoms with Gasteiger partial charge in [0, 0.05) is 0 Å². The standard InChI is InChI=1S/C6H10F2O3/c1-3-6(7,8)5(10)4(2-9)11-3/h3-5,9-10H,2H2,1H3/t3?,4-,5+/m1/s1. The van der Waals surface area contributed by atoms with E-state index in [0.29, 0.717) is 0 Å². The number of alkyl halides is 2. The van der Waals surface area contributed by atoms with E-state index in [9.17, 15) is 8.78 Å². The van der Waals surface area contributed by atoms with Crippen molar-refractivity contribution in [3.63, 3.8) is 0 Å². The average Bonchev–Trinajstić information content (AvgIpc) is 2.14. The molecule has 0 aliphatic carbocycles. The lowest BCUT2D eigenvalue weighted by Crippen LogP contribution is -2.39. The van der Waals surface area contributed by atoms with Gasteiger partial charge in [0.05, 0.1) is 6.61 Å². The molecule has 0 aromatic rings. The fraction of sp³-hybridized carbons (Fsp3) is 1.00. The van der Waals surface area contributed by atoms with Crippen LogP contribution >= 0.6 is 0 Å². The van der Waals surface area contributed by atoms with Crippen LogP contribution in [0, 0.1) is 0 Å². The summed E-state index contributed by atoms with van der Waals surface area (Å²) in [6.45, 7) is 0.583. The number of rotatable bonds is 1. The van der Waals surface area contributed by atoms with Gasteiger partial charge < -0.3 is 14.9 Å². The number of halogens is 2. The van der Waals surface area contributed by atoms with E-state index in [1.165, 1.54) is 6.92 Å².